The highest BCUT2D eigenvalue weighted by molar-refractivity contribution is 6.32. The van der Waals surface area contributed by atoms with E-state index in [-0.39, 0.29) is 0 Å². The summed E-state index contributed by atoms with van der Waals surface area (Å²) < 4.78 is 1.78. The lowest BCUT2D eigenvalue weighted by Gasteiger charge is -2.40. The summed E-state index contributed by atoms with van der Waals surface area (Å²) in [5, 5.41) is 4.83. The van der Waals surface area contributed by atoms with E-state index in [1.54, 1.807) is 4.68 Å². The summed E-state index contributed by atoms with van der Waals surface area (Å²) in [6.07, 6.45) is 2.01. The van der Waals surface area contributed by atoms with Crippen molar-refractivity contribution >= 4 is 17.3 Å². The lowest BCUT2D eigenvalue weighted by Crippen LogP contribution is -2.51. The van der Waals surface area contributed by atoms with Crippen LogP contribution in [0.15, 0.2) is 36.5 Å². The number of aryl methyl sites for hydroxylation is 1. The molecule has 1 aromatic carbocycles. The first-order valence-electron chi connectivity index (χ1n) is 7.35. The number of halogens is 1. The smallest absolute Gasteiger partial charge is 0.174 e. The monoisotopic (exact) mass is 304 g/mol. The average Bonchev–Trinajstić information content (AvgIpc) is 2.79. The molecular weight excluding hydrogens is 284 g/mol. The second-order valence-electron chi connectivity index (χ2n) is 5.74. The summed E-state index contributed by atoms with van der Waals surface area (Å²) >= 11 is 6.22. The predicted molar refractivity (Wildman–Crippen MR) is 86.7 cm³/mol. The third-order valence-electron chi connectivity index (χ3n) is 4.04. The second-order valence-corrected chi connectivity index (χ2v) is 6.10. The third-order valence-corrected chi connectivity index (χ3v) is 4.31. The van der Waals surface area contributed by atoms with E-state index in [1.807, 2.05) is 13.2 Å². The van der Waals surface area contributed by atoms with Crippen molar-refractivity contribution in [1.82, 2.24) is 14.7 Å². The normalized spacial score (nSPS) is 20.0. The van der Waals surface area contributed by atoms with Crippen LogP contribution in [-0.2, 0) is 13.6 Å². The molecule has 0 spiro atoms. The Bertz CT molecular complexity index is 596. The fourth-order valence-electron chi connectivity index (χ4n) is 3.02. The molecule has 0 amide bonds. The molecule has 1 aromatic heterocycles. The number of hydrogen-bond donors (Lipinski definition) is 0. The summed E-state index contributed by atoms with van der Waals surface area (Å²) in [5.41, 5.74) is 2.42. The number of aromatic nitrogens is 2. The Morgan fingerprint density at radius 3 is 2.62 bits per heavy atom. The molecule has 112 valence electrons. The summed E-state index contributed by atoms with van der Waals surface area (Å²) in [6, 6.07) is 11.1. The van der Waals surface area contributed by atoms with Gasteiger partial charge in [-0.05, 0) is 12.5 Å². The SMILES string of the molecule is C[C@H]1CN(Cc2ccccc2)CCN1c1cn(C)nc1Cl. The Morgan fingerprint density at radius 2 is 2.00 bits per heavy atom. The Hall–Kier alpha value is -1.52. The predicted octanol–water partition coefficient (Wildman–Crippen LogP) is 2.78. The van der Waals surface area contributed by atoms with Crippen LogP contribution in [-0.4, -0.2) is 40.4 Å². The number of benzene rings is 1. The number of nitrogens with zero attached hydrogens (tertiary/aromatic N) is 4. The van der Waals surface area contributed by atoms with Crippen LogP contribution >= 0.6 is 11.6 Å². The molecule has 0 unspecified atom stereocenters. The van der Waals surface area contributed by atoms with Gasteiger partial charge in [-0.25, -0.2) is 0 Å². The maximum atomic E-state index is 6.22. The number of piperazine rings is 1. The topological polar surface area (TPSA) is 24.3 Å². The Labute approximate surface area is 130 Å². The molecule has 1 aliphatic heterocycles. The molecule has 1 fully saturated rings. The van der Waals surface area contributed by atoms with Crippen LogP contribution in [0.2, 0.25) is 5.15 Å². The third kappa shape index (κ3) is 3.22. The minimum Gasteiger partial charge on any atom is -0.362 e. The molecular formula is C16H21ClN4. The van der Waals surface area contributed by atoms with Crippen LogP contribution in [0.25, 0.3) is 0 Å². The van der Waals surface area contributed by atoms with Crippen LogP contribution < -0.4 is 4.90 Å². The van der Waals surface area contributed by atoms with Gasteiger partial charge in [0.25, 0.3) is 0 Å². The molecule has 1 saturated heterocycles. The maximum Gasteiger partial charge on any atom is 0.174 e. The van der Waals surface area contributed by atoms with Gasteiger partial charge in [0, 0.05) is 45.5 Å². The zero-order chi connectivity index (χ0) is 14.8. The standard InChI is InChI=1S/C16H21ClN4/c1-13-10-20(11-14-6-4-3-5-7-14)8-9-21(13)15-12-19(2)18-16(15)17/h3-7,12-13H,8-11H2,1-2H3/t13-/m0/s1. The summed E-state index contributed by atoms with van der Waals surface area (Å²) in [4.78, 5) is 4.86. The van der Waals surface area contributed by atoms with Crippen molar-refractivity contribution in [2.24, 2.45) is 7.05 Å². The highest BCUT2D eigenvalue weighted by Gasteiger charge is 2.26. The van der Waals surface area contributed by atoms with Crippen LogP contribution in [0, 0.1) is 0 Å². The minimum absolute atomic E-state index is 0.434. The van der Waals surface area contributed by atoms with E-state index in [9.17, 15) is 0 Å². The Kier molecular flexibility index (Phi) is 4.17. The first-order chi connectivity index (χ1) is 10.1. The summed E-state index contributed by atoms with van der Waals surface area (Å²) in [7, 11) is 1.91. The zero-order valence-electron chi connectivity index (χ0n) is 12.5. The van der Waals surface area contributed by atoms with Gasteiger partial charge in [0.15, 0.2) is 5.15 Å². The number of hydrogen-bond acceptors (Lipinski definition) is 3. The molecule has 0 N–H and O–H groups in total. The molecule has 1 aliphatic rings. The van der Waals surface area contributed by atoms with Crippen LogP contribution in [0.5, 0.6) is 0 Å². The second kappa shape index (κ2) is 6.08. The average molecular weight is 305 g/mol. The van der Waals surface area contributed by atoms with Crippen LogP contribution in [0.1, 0.15) is 12.5 Å². The highest BCUT2D eigenvalue weighted by Crippen LogP contribution is 2.27. The van der Waals surface area contributed by atoms with Crippen molar-refractivity contribution in [3.63, 3.8) is 0 Å². The molecule has 1 atom stereocenters. The molecule has 21 heavy (non-hydrogen) atoms. The maximum absolute atomic E-state index is 6.22. The van der Waals surface area contributed by atoms with Gasteiger partial charge in [-0.15, -0.1) is 0 Å². The van der Waals surface area contributed by atoms with Crippen molar-refractivity contribution in [3.8, 4) is 0 Å². The van der Waals surface area contributed by atoms with Crippen molar-refractivity contribution in [2.45, 2.75) is 19.5 Å². The summed E-state index contributed by atoms with van der Waals surface area (Å²) in [6.45, 7) is 6.34. The molecule has 0 saturated carbocycles. The zero-order valence-corrected chi connectivity index (χ0v) is 13.3. The van der Waals surface area contributed by atoms with Gasteiger partial charge in [-0.3, -0.25) is 9.58 Å². The molecule has 0 aliphatic carbocycles. The molecule has 0 radical (unpaired) electrons. The summed E-state index contributed by atoms with van der Waals surface area (Å²) in [5.74, 6) is 0. The van der Waals surface area contributed by atoms with E-state index in [1.165, 1.54) is 5.56 Å². The molecule has 3 rings (SSSR count). The number of anilines is 1. The first kappa shape index (κ1) is 14.4. The van der Waals surface area contributed by atoms with Gasteiger partial charge in [0.05, 0.1) is 5.69 Å². The molecule has 2 heterocycles. The molecule has 2 aromatic rings. The van der Waals surface area contributed by atoms with E-state index in [0.29, 0.717) is 11.2 Å². The number of rotatable bonds is 3. The molecule has 4 nitrogen and oxygen atoms in total. The van der Waals surface area contributed by atoms with Crippen molar-refractivity contribution in [1.29, 1.82) is 0 Å². The Balaban J connectivity index is 1.66. The van der Waals surface area contributed by atoms with E-state index >= 15 is 0 Å². The highest BCUT2D eigenvalue weighted by atomic mass is 35.5. The van der Waals surface area contributed by atoms with Crippen LogP contribution in [0.3, 0.4) is 0 Å². The van der Waals surface area contributed by atoms with Gasteiger partial charge < -0.3 is 4.90 Å². The van der Waals surface area contributed by atoms with Crippen LogP contribution in [0.4, 0.5) is 5.69 Å². The lowest BCUT2D eigenvalue weighted by atomic mass is 10.1. The van der Waals surface area contributed by atoms with E-state index < -0.39 is 0 Å². The van der Waals surface area contributed by atoms with Gasteiger partial charge in [-0.2, -0.15) is 5.10 Å². The Morgan fingerprint density at radius 1 is 1.24 bits per heavy atom. The van der Waals surface area contributed by atoms with Gasteiger partial charge in [0.1, 0.15) is 0 Å². The quantitative estimate of drug-likeness (QED) is 0.871. The lowest BCUT2D eigenvalue weighted by molar-refractivity contribution is 0.221. The van der Waals surface area contributed by atoms with E-state index in [0.717, 1.165) is 31.9 Å². The van der Waals surface area contributed by atoms with Crippen molar-refractivity contribution < 1.29 is 0 Å². The first-order valence-corrected chi connectivity index (χ1v) is 7.73. The van der Waals surface area contributed by atoms with Crippen molar-refractivity contribution in [2.75, 3.05) is 24.5 Å². The van der Waals surface area contributed by atoms with Gasteiger partial charge in [-0.1, -0.05) is 41.9 Å². The van der Waals surface area contributed by atoms with E-state index in [2.05, 4.69) is 52.2 Å². The largest absolute Gasteiger partial charge is 0.362 e. The van der Waals surface area contributed by atoms with Crippen molar-refractivity contribution in [3.05, 3.63) is 47.2 Å². The minimum atomic E-state index is 0.434. The van der Waals surface area contributed by atoms with Gasteiger partial charge >= 0.3 is 0 Å². The van der Waals surface area contributed by atoms with E-state index in [4.69, 9.17) is 11.6 Å². The van der Waals surface area contributed by atoms with Gasteiger partial charge in [0.2, 0.25) is 0 Å². The fourth-order valence-corrected chi connectivity index (χ4v) is 3.29. The molecule has 0 bridgehead atoms. The fraction of sp³-hybridized carbons (Fsp3) is 0.438. The molecule has 5 heteroatoms.